The zero-order valence-corrected chi connectivity index (χ0v) is 9.08. The van der Waals surface area contributed by atoms with Crippen LogP contribution in [0.4, 0.5) is 4.39 Å². The minimum absolute atomic E-state index is 0.362. The molecule has 2 aromatic rings. The van der Waals surface area contributed by atoms with Gasteiger partial charge in [0.05, 0.1) is 0 Å². The molecule has 2 rings (SSSR count). The smallest absolute Gasteiger partial charge is 0.316 e. The lowest BCUT2D eigenvalue weighted by molar-refractivity contribution is -0.137. The van der Waals surface area contributed by atoms with Gasteiger partial charge in [-0.1, -0.05) is 18.2 Å². The standard InChI is InChI=1S/C12H9FO2S/c13-9-5-3-8(4-6-9)11(12(14)15)10-2-1-7-16-10/h1-7,11H,(H,14,15). The van der Waals surface area contributed by atoms with Crippen LogP contribution in [0.5, 0.6) is 0 Å². The Morgan fingerprint density at radius 3 is 2.44 bits per heavy atom. The third-order valence-electron chi connectivity index (χ3n) is 2.28. The number of thiophene rings is 1. The molecule has 0 spiro atoms. The lowest BCUT2D eigenvalue weighted by Gasteiger charge is -2.10. The molecule has 0 amide bonds. The summed E-state index contributed by atoms with van der Waals surface area (Å²) >= 11 is 1.38. The molecule has 1 aromatic heterocycles. The third kappa shape index (κ3) is 2.12. The lowest BCUT2D eigenvalue weighted by atomic mass is 9.98. The summed E-state index contributed by atoms with van der Waals surface area (Å²) in [5.74, 6) is -1.99. The fraction of sp³-hybridized carbons (Fsp3) is 0.0833. The molecule has 1 aromatic carbocycles. The molecule has 16 heavy (non-hydrogen) atoms. The Hall–Kier alpha value is -1.68. The zero-order chi connectivity index (χ0) is 11.5. The number of aliphatic carboxylic acids is 1. The Morgan fingerprint density at radius 1 is 1.25 bits per heavy atom. The summed E-state index contributed by atoms with van der Waals surface area (Å²) in [5.41, 5.74) is 0.594. The molecule has 1 heterocycles. The molecule has 1 atom stereocenters. The van der Waals surface area contributed by atoms with Gasteiger partial charge in [0.2, 0.25) is 0 Å². The number of halogens is 1. The van der Waals surface area contributed by atoms with Crippen LogP contribution in [0.1, 0.15) is 16.4 Å². The summed E-state index contributed by atoms with van der Waals surface area (Å²) in [5, 5.41) is 11.0. The maximum Gasteiger partial charge on any atom is 0.316 e. The second-order valence-corrected chi connectivity index (χ2v) is 4.32. The zero-order valence-electron chi connectivity index (χ0n) is 8.26. The maximum atomic E-state index is 12.7. The van der Waals surface area contributed by atoms with Crippen molar-refractivity contribution in [2.24, 2.45) is 0 Å². The first kappa shape index (κ1) is 10.8. The van der Waals surface area contributed by atoms with Crippen LogP contribution >= 0.6 is 11.3 Å². The average Bonchev–Trinajstić information content (AvgIpc) is 2.74. The third-order valence-corrected chi connectivity index (χ3v) is 3.22. The Morgan fingerprint density at radius 2 is 1.94 bits per heavy atom. The van der Waals surface area contributed by atoms with Gasteiger partial charge in [-0.05, 0) is 29.1 Å². The van der Waals surface area contributed by atoms with E-state index in [-0.39, 0.29) is 5.82 Å². The highest BCUT2D eigenvalue weighted by atomic mass is 32.1. The number of carbonyl (C=O) groups is 1. The van der Waals surface area contributed by atoms with Gasteiger partial charge in [-0.25, -0.2) is 4.39 Å². The molecule has 0 aliphatic rings. The lowest BCUT2D eigenvalue weighted by Crippen LogP contribution is -2.11. The maximum absolute atomic E-state index is 12.7. The van der Waals surface area contributed by atoms with Crippen LogP contribution in [0.3, 0.4) is 0 Å². The Kier molecular flexibility index (Phi) is 3.01. The van der Waals surface area contributed by atoms with Crippen molar-refractivity contribution in [3.8, 4) is 0 Å². The van der Waals surface area contributed by atoms with Gasteiger partial charge in [0.25, 0.3) is 0 Å². The van der Waals surface area contributed by atoms with E-state index >= 15 is 0 Å². The Balaban J connectivity index is 2.41. The van der Waals surface area contributed by atoms with Crippen LogP contribution in [0.15, 0.2) is 41.8 Å². The molecule has 0 radical (unpaired) electrons. The van der Waals surface area contributed by atoms with Crippen LogP contribution in [0, 0.1) is 5.82 Å². The first-order chi connectivity index (χ1) is 7.68. The molecular weight excluding hydrogens is 227 g/mol. The largest absolute Gasteiger partial charge is 0.481 e. The minimum Gasteiger partial charge on any atom is -0.481 e. The average molecular weight is 236 g/mol. The van der Waals surface area contributed by atoms with Crippen molar-refractivity contribution in [3.05, 3.63) is 58.0 Å². The van der Waals surface area contributed by atoms with Crippen molar-refractivity contribution in [2.45, 2.75) is 5.92 Å². The number of hydrogen-bond acceptors (Lipinski definition) is 2. The van der Waals surface area contributed by atoms with E-state index in [1.807, 2.05) is 5.38 Å². The van der Waals surface area contributed by atoms with E-state index in [4.69, 9.17) is 0 Å². The number of benzene rings is 1. The summed E-state index contributed by atoms with van der Waals surface area (Å²) in [4.78, 5) is 11.9. The fourth-order valence-corrected chi connectivity index (χ4v) is 2.38. The molecule has 2 nitrogen and oxygen atoms in total. The van der Waals surface area contributed by atoms with Gasteiger partial charge in [-0.2, -0.15) is 0 Å². The molecule has 4 heteroatoms. The molecule has 0 saturated carbocycles. The molecule has 1 N–H and O–H groups in total. The van der Waals surface area contributed by atoms with Crippen LogP contribution < -0.4 is 0 Å². The summed E-state index contributed by atoms with van der Waals surface area (Å²) in [6.07, 6.45) is 0. The van der Waals surface area contributed by atoms with Crippen molar-refractivity contribution in [2.75, 3.05) is 0 Å². The summed E-state index contributed by atoms with van der Waals surface area (Å²) in [6, 6.07) is 9.14. The molecular formula is C12H9FO2S. The van der Waals surface area contributed by atoms with E-state index < -0.39 is 11.9 Å². The Bertz CT molecular complexity index is 476. The summed E-state index contributed by atoms with van der Waals surface area (Å²) in [6.45, 7) is 0. The second-order valence-electron chi connectivity index (χ2n) is 3.34. The predicted molar refractivity (Wildman–Crippen MR) is 60.2 cm³/mol. The second kappa shape index (κ2) is 4.45. The fourth-order valence-electron chi connectivity index (χ4n) is 1.54. The first-order valence-corrected chi connectivity index (χ1v) is 5.58. The monoisotopic (exact) mass is 236 g/mol. The topological polar surface area (TPSA) is 37.3 Å². The van der Waals surface area contributed by atoms with Crippen molar-refractivity contribution in [1.82, 2.24) is 0 Å². The number of carboxylic acid groups (broad SMARTS) is 1. The highest BCUT2D eigenvalue weighted by Gasteiger charge is 2.22. The number of hydrogen-bond donors (Lipinski definition) is 1. The van der Waals surface area contributed by atoms with Gasteiger partial charge in [0, 0.05) is 4.88 Å². The predicted octanol–water partition coefficient (Wildman–Crippen LogP) is 3.10. The molecule has 1 unspecified atom stereocenters. The number of rotatable bonds is 3. The molecule has 0 saturated heterocycles. The van der Waals surface area contributed by atoms with Gasteiger partial charge >= 0.3 is 5.97 Å². The molecule has 82 valence electrons. The van der Waals surface area contributed by atoms with Crippen LogP contribution in [0.2, 0.25) is 0 Å². The van der Waals surface area contributed by atoms with Gasteiger partial charge in [0.1, 0.15) is 11.7 Å². The van der Waals surface area contributed by atoms with Crippen molar-refractivity contribution in [3.63, 3.8) is 0 Å². The van der Waals surface area contributed by atoms with E-state index in [0.29, 0.717) is 5.56 Å². The van der Waals surface area contributed by atoms with Crippen molar-refractivity contribution in [1.29, 1.82) is 0 Å². The number of carboxylic acids is 1. The molecule has 0 bridgehead atoms. The van der Waals surface area contributed by atoms with Gasteiger partial charge in [0.15, 0.2) is 0 Å². The highest BCUT2D eigenvalue weighted by molar-refractivity contribution is 7.10. The summed E-state index contributed by atoms with van der Waals surface area (Å²) < 4.78 is 12.7. The van der Waals surface area contributed by atoms with E-state index in [1.54, 1.807) is 12.1 Å². The Labute approximate surface area is 96.0 Å². The van der Waals surface area contributed by atoms with Gasteiger partial charge in [-0.15, -0.1) is 11.3 Å². The van der Waals surface area contributed by atoms with Crippen LogP contribution in [-0.4, -0.2) is 11.1 Å². The van der Waals surface area contributed by atoms with E-state index in [2.05, 4.69) is 0 Å². The van der Waals surface area contributed by atoms with E-state index in [1.165, 1.54) is 35.6 Å². The highest BCUT2D eigenvalue weighted by Crippen LogP contribution is 2.28. The minimum atomic E-state index is -0.922. The molecule has 0 fully saturated rings. The molecule has 0 aliphatic heterocycles. The molecule has 0 aliphatic carbocycles. The van der Waals surface area contributed by atoms with Crippen LogP contribution in [-0.2, 0) is 4.79 Å². The van der Waals surface area contributed by atoms with Crippen molar-refractivity contribution < 1.29 is 14.3 Å². The van der Waals surface area contributed by atoms with E-state index in [0.717, 1.165) is 4.88 Å². The van der Waals surface area contributed by atoms with Gasteiger partial charge < -0.3 is 5.11 Å². The first-order valence-electron chi connectivity index (χ1n) is 4.70. The van der Waals surface area contributed by atoms with Crippen molar-refractivity contribution >= 4 is 17.3 Å². The summed E-state index contributed by atoms with van der Waals surface area (Å²) in [7, 11) is 0. The van der Waals surface area contributed by atoms with Crippen LogP contribution in [0.25, 0.3) is 0 Å². The van der Waals surface area contributed by atoms with Gasteiger partial charge in [-0.3, -0.25) is 4.79 Å². The SMILES string of the molecule is O=C(O)C(c1ccc(F)cc1)c1cccs1. The van der Waals surface area contributed by atoms with E-state index in [9.17, 15) is 14.3 Å². The normalized spacial score (nSPS) is 12.3. The quantitative estimate of drug-likeness (QED) is 0.889.